The van der Waals surface area contributed by atoms with E-state index in [0.29, 0.717) is 13.2 Å². The number of hydrogen-bond donors (Lipinski definition) is 1. The molecule has 0 aliphatic heterocycles. The van der Waals surface area contributed by atoms with Gasteiger partial charge in [0.25, 0.3) is 0 Å². The van der Waals surface area contributed by atoms with Gasteiger partial charge in [0, 0.05) is 11.6 Å². The number of furan rings is 1. The lowest BCUT2D eigenvalue weighted by molar-refractivity contribution is 0.266. The zero-order valence-corrected chi connectivity index (χ0v) is 10.4. The molecule has 2 aromatic heterocycles. The van der Waals surface area contributed by atoms with Gasteiger partial charge < -0.3 is 14.9 Å². The van der Waals surface area contributed by atoms with E-state index in [1.54, 1.807) is 6.20 Å². The maximum absolute atomic E-state index is 5.70. The number of aromatic nitrogens is 1. The lowest BCUT2D eigenvalue weighted by Crippen LogP contribution is -1.95. The van der Waals surface area contributed by atoms with Gasteiger partial charge in [-0.25, -0.2) is 0 Å². The second-order valence-corrected chi connectivity index (χ2v) is 4.22. The first-order chi connectivity index (χ1) is 9.35. The van der Waals surface area contributed by atoms with E-state index >= 15 is 0 Å². The standard InChI is InChI=1S/C15H14N2O2/c16-9-13-3-4-14(19-13)10-18-12-5-6-15-11(8-12)2-1-7-17-15/h1-8H,9-10,16H2. The summed E-state index contributed by atoms with van der Waals surface area (Å²) in [6.07, 6.45) is 1.78. The summed E-state index contributed by atoms with van der Waals surface area (Å²) in [5.41, 5.74) is 6.45. The maximum Gasteiger partial charge on any atom is 0.146 e. The SMILES string of the molecule is NCc1ccc(COc2ccc3ncccc3c2)o1. The summed E-state index contributed by atoms with van der Waals surface area (Å²) in [5.74, 6) is 2.33. The lowest BCUT2D eigenvalue weighted by Gasteiger charge is -2.05. The topological polar surface area (TPSA) is 61.3 Å². The predicted molar refractivity (Wildman–Crippen MR) is 72.7 cm³/mol. The summed E-state index contributed by atoms with van der Waals surface area (Å²) < 4.78 is 11.2. The molecule has 4 nitrogen and oxygen atoms in total. The van der Waals surface area contributed by atoms with Gasteiger partial charge in [-0.15, -0.1) is 0 Å². The van der Waals surface area contributed by atoms with Crippen LogP contribution in [-0.4, -0.2) is 4.98 Å². The third kappa shape index (κ3) is 2.58. The Hall–Kier alpha value is -2.33. The summed E-state index contributed by atoms with van der Waals surface area (Å²) in [6.45, 7) is 0.799. The largest absolute Gasteiger partial charge is 0.486 e. The molecule has 0 aliphatic carbocycles. The molecule has 3 rings (SSSR count). The fraction of sp³-hybridized carbons (Fsp3) is 0.133. The van der Waals surface area contributed by atoms with E-state index in [-0.39, 0.29) is 0 Å². The van der Waals surface area contributed by atoms with Gasteiger partial charge in [-0.05, 0) is 36.4 Å². The number of benzene rings is 1. The van der Waals surface area contributed by atoms with Crippen LogP contribution in [0.25, 0.3) is 10.9 Å². The summed E-state index contributed by atoms with van der Waals surface area (Å²) >= 11 is 0. The van der Waals surface area contributed by atoms with Crippen LogP contribution in [0.15, 0.2) is 53.1 Å². The third-order valence-electron chi connectivity index (χ3n) is 2.87. The number of nitrogens with zero attached hydrogens (tertiary/aromatic N) is 1. The molecule has 2 N–H and O–H groups in total. The van der Waals surface area contributed by atoms with Crippen molar-refractivity contribution in [3.8, 4) is 5.75 Å². The molecule has 2 heterocycles. The Bertz CT molecular complexity index is 691. The van der Waals surface area contributed by atoms with E-state index in [1.165, 1.54) is 0 Å². The van der Waals surface area contributed by atoms with Crippen LogP contribution < -0.4 is 10.5 Å². The Balaban J connectivity index is 1.74. The average molecular weight is 254 g/mol. The minimum absolute atomic E-state index is 0.395. The number of rotatable bonds is 4. The van der Waals surface area contributed by atoms with E-state index in [9.17, 15) is 0 Å². The van der Waals surface area contributed by atoms with Gasteiger partial charge in [0.15, 0.2) is 0 Å². The number of hydrogen-bond acceptors (Lipinski definition) is 4. The first-order valence-electron chi connectivity index (χ1n) is 6.10. The molecular weight excluding hydrogens is 240 g/mol. The van der Waals surface area contributed by atoms with Crippen molar-refractivity contribution in [3.63, 3.8) is 0 Å². The molecule has 0 unspecified atom stereocenters. The van der Waals surface area contributed by atoms with Crippen molar-refractivity contribution in [2.24, 2.45) is 5.73 Å². The Kier molecular flexibility index (Phi) is 3.16. The molecule has 1 aromatic carbocycles. The first kappa shape index (κ1) is 11.7. The summed E-state index contributed by atoms with van der Waals surface area (Å²) in [7, 11) is 0. The molecule has 19 heavy (non-hydrogen) atoms. The van der Waals surface area contributed by atoms with Crippen LogP contribution in [0.1, 0.15) is 11.5 Å². The van der Waals surface area contributed by atoms with Crippen molar-refractivity contribution in [2.45, 2.75) is 13.2 Å². The minimum atomic E-state index is 0.395. The second-order valence-electron chi connectivity index (χ2n) is 4.22. The molecule has 0 fully saturated rings. The number of fused-ring (bicyclic) bond motifs is 1. The molecule has 0 aliphatic rings. The molecule has 0 atom stereocenters. The highest BCUT2D eigenvalue weighted by Gasteiger charge is 2.02. The number of nitrogens with two attached hydrogens (primary N) is 1. The minimum Gasteiger partial charge on any atom is -0.486 e. The highest BCUT2D eigenvalue weighted by Crippen LogP contribution is 2.20. The van der Waals surface area contributed by atoms with Crippen LogP contribution in [0.4, 0.5) is 0 Å². The van der Waals surface area contributed by atoms with Gasteiger partial charge in [-0.2, -0.15) is 0 Å². The van der Waals surface area contributed by atoms with Crippen LogP contribution in [0, 0.1) is 0 Å². The van der Waals surface area contributed by atoms with Crippen molar-refractivity contribution in [1.29, 1.82) is 0 Å². The summed E-state index contributed by atoms with van der Waals surface area (Å²) in [5, 5.41) is 1.06. The monoisotopic (exact) mass is 254 g/mol. The van der Waals surface area contributed by atoms with Gasteiger partial charge >= 0.3 is 0 Å². The van der Waals surface area contributed by atoms with E-state index in [2.05, 4.69) is 4.98 Å². The Morgan fingerprint density at radius 3 is 2.84 bits per heavy atom. The quantitative estimate of drug-likeness (QED) is 0.777. The molecule has 0 saturated heterocycles. The predicted octanol–water partition coefficient (Wildman–Crippen LogP) is 2.87. The lowest BCUT2D eigenvalue weighted by atomic mass is 10.2. The summed E-state index contributed by atoms with van der Waals surface area (Å²) in [6, 6.07) is 13.5. The van der Waals surface area contributed by atoms with Crippen molar-refractivity contribution in [3.05, 3.63) is 60.2 Å². The zero-order valence-electron chi connectivity index (χ0n) is 10.4. The van der Waals surface area contributed by atoms with E-state index < -0.39 is 0 Å². The van der Waals surface area contributed by atoms with Crippen molar-refractivity contribution < 1.29 is 9.15 Å². The van der Waals surface area contributed by atoms with Gasteiger partial charge in [0.2, 0.25) is 0 Å². The van der Waals surface area contributed by atoms with Gasteiger partial charge in [-0.3, -0.25) is 4.98 Å². The third-order valence-corrected chi connectivity index (χ3v) is 2.87. The van der Waals surface area contributed by atoms with Crippen LogP contribution >= 0.6 is 0 Å². The van der Waals surface area contributed by atoms with Gasteiger partial charge in [0.1, 0.15) is 23.9 Å². The molecule has 3 aromatic rings. The number of pyridine rings is 1. The second kappa shape index (κ2) is 5.12. The Labute approximate surface area is 110 Å². The molecular formula is C15H14N2O2. The molecule has 4 heteroatoms. The smallest absolute Gasteiger partial charge is 0.146 e. The molecule has 0 bridgehead atoms. The Morgan fingerprint density at radius 2 is 2.00 bits per heavy atom. The first-order valence-corrected chi connectivity index (χ1v) is 6.10. The Morgan fingerprint density at radius 1 is 1.11 bits per heavy atom. The molecule has 0 spiro atoms. The fourth-order valence-electron chi connectivity index (χ4n) is 1.91. The normalized spacial score (nSPS) is 10.8. The van der Waals surface area contributed by atoms with Crippen LogP contribution in [0.2, 0.25) is 0 Å². The molecule has 0 saturated carbocycles. The van der Waals surface area contributed by atoms with Crippen LogP contribution in [-0.2, 0) is 13.2 Å². The van der Waals surface area contributed by atoms with Crippen LogP contribution in [0.5, 0.6) is 5.75 Å². The molecule has 96 valence electrons. The molecule has 0 radical (unpaired) electrons. The highest BCUT2D eigenvalue weighted by molar-refractivity contribution is 5.79. The van der Waals surface area contributed by atoms with Crippen LogP contribution in [0.3, 0.4) is 0 Å². The van der Waals surface area contributed by atoms with E-state index in [4.69, 9.17) is 14.9 Å². The van der Waals surface area contributed by atoms with Gasteiger partial charge in [0.05, 0.1) is 12.1 Å². The summed E-state index contributed by atoms with van der Waals surface area (Å²) in [4.78, 5) is 4.27. The van der Waals surface area contributed by atoms with Crippen molar-refractivity contribution in [2.75, 3.05) is 0 Å². The van der Waals surface area contributed by atoms with E-state index in [0.717, 1.165) is 28.2 Å². The van der Waals surface area contributed by atoms with Crippen molar-refractivity contribution >= 4 is 10.9 Å². The fourth-order valence-corrected chi connectivity index (χ4v) is 1.91. The maximum atomic E-state index is 5.70. The van der Waals surface area contributed by atoms with Crippen molar-refractivity contribution in [1.82, 2.24) is 4.98 Å². The van der Waals surface area contributed by atoms with Gasteiger partial charge in [-0.1, -0.05) is 6.07 Å². The highest BCUT2D eigenvalue weighted by atomic mass is 16.5. The molecule has 0 amide bonds. The zero-order chi connectivity index (χ0) is 13.1. The number of ether oxygens (including phenoxy) is 1. The average Bonchev–Trinajstić information content (AvgIpc) is 2.93. The van der Waals surface area contributed by atoms with E-state index in [1.807, 2.05) is 42.5 Å².